The summed E-state index contributed by atoms with van der Waals surface area (Å²) in [6, 6.07) is 12.5. The van der Waals surface area contributed by atoms with E-state index in [0.717, 1.165) is 0 Å². The maximum atomic E-state index is 13.7. The zero-order valence-corrected chi connectivity index (χ0v) is 13.1. The molecule has 128 valence electrons. The highest BCUT2D eigenvalue weighted by atomic mass is 19.1. The van der Waals surface area contributed by atoms with E-state index in [9.17, 15) is 19.3 Å². The summed E-state index contributed by atoms with van der Waals surface area (Å²) < 4.78 is 13.7. The number of nitro groups is 1. The summed E-state index contributed by atoms with van der Waals surface area (Å²) >= 11 is 0. The molecule has 0 aliphatic rings. The standard InChI is InChI=1S/C17H15FN4O3/c18-13-6-2-1-5-12(13)15(11-19)21-17(23)9-10-20-14-7-3-4-8-16(14)22(24)25/h1-8,15,20H,9-10H2,(H,21,23)/t15-/m0/s1. The summed E-state index contributed by atoms with van der Waals surface area (Å²) in [5.74, 6) is -1.05. The molecule has 0 bridgehead atoms. The third-order valence-electron chi connectivity index (χ3n) is 3.42. The van der Waals surface area contributed by atoms with Gasteiger partial charge in [-0.05, 0) is 12.1 Å². The molecule has 0 unspecified atom stereocenters. The number of nitrogens with one attached hydrogen (secondary N) is 2. The Kier molecular flexibility index (Phi) is 6.01. The van der Waals surface area contributed by atoms with Crippen LogP contribution in [0.4, 0.5) is 15.8 Å². The summed E-state index contributed by atoms with van der Waals surface area (Å²) in [6.07, 6.45) is -0.0291. The molecule has 2 aromatic rings. The first-order chi connectivity index (χ1) is 12.0. The van der Waals surface area contributed by atoms with Crippen LogP contribution in [0.3, 0.4) is 0 Å². The number of hydrogen-bond acceptors (Lipinski definition) is 5. The van der Waals surface area contributed by atoms with Crippen molar-refractivity contribution in [3.8, 4) is 6.07 Å². The molecular formula is C17H15FN4O3. The van der Waals surface area contributed by atoms with Crippen LogP contribution in [0.2, 0.25) is 0 Å². The van der Waals surface area contributed by atoms with Gasteiger partial charge in [-0.15, -0.1) is 0 Å². The smallest absolute Gasteiger partial charge is 0.292 e. The average molecular weight is 342 g/mol. The van der Waals surface area contributed by atoms with Crippen molar-refractivity contribution in [3.05, 3.63) is 70.0 Å². The minimum Gasteiger partial charge on any atom is -0.379 e. The first kappa shape index (κ1) is 17.9. The lowest BCUT2D eigenvalue weighted by Gasteiger charge is -2.13. The Balaban J connectivity index is 1.92. The van der Waals surface area contributed by atoms with Crippen molar-refractivity contribution < 1.29 is 14.1 Å². The molecule has 7 nitrogen and oxygen atoms in total. The van der Waals surface area contributed by atoms with E-state index < -0.39 is 22.7 Å². The molecule has 2 aromatic carbocycles. The number of benzene rings is 2. The van der Waals surface area contributed by atoms with Crippen molar-refractivity contribution in [2.24, 2.45) is 0 Å². The van der Waals surface area contributed by atoms with E-state index in [1.165, 1.54) is 30.3 Å². The summed E-state index contributed by atoms with van der Waals surface area (Å²) in [5, 5.41) is 25.3. The second-order valence-corrected chi connectivity index (χ2v) is 5.10. The van der Waals surface area contributed by atoms with Gasteiger partial charge in [-0.3, -0.25) is 14.9 Å². The number of hydrogen-bond donors (Lipinski definition) is 2. The Bertz CT molecular complexity index is 820. The normalized spacial score (nSPS) is 11.2. The van der Waals surface area contributed by atoms with Crippen LogP contribution in [0, 0.1) is 27.3 Å². The molecule has 25 heavy (non-hydrogen) atoms. The van der Waals surface area contributed by atoms with Gasteiger partial charge in [-0.1, -0.05) is 30.3 Å². The zero-order chi connectivity index (χ0) is 18.2. The second-order valence-electron chi connectivity index (χ2n) is 5.10. The Labute approximate surface area is 143 Å². The largest absolute Gasteiger partial charge is 0.379 e. The van der Waals surface area contributed by atoms with Gasteiger partial charge in [0.1, 0.15) is 17.5 Å². The van der Waals surface area contributed by atoms with Crippen LogP contribution in [-0.2, 0) is 4.79 Å². The second kappa shape index (κ2) is 8.40. The molecule has 2 rings (SSSR count). The van der Waals surface area contributed by atoms with Gasteiger partial charge in [-0.25, -0.2) is 4.39 Å². The van der Waals surface area contributed by atoms with Gasteiger partial charge in [0.15, 0.2) is 0 Å². The minimum absolute atomic E-state index is 0.0291. The predicted octanol–water partition coefficient (Wildman–Crippen LogP) is 2.92. The molecule has 0 aliphatic heterocycles. The maximum Gasteiger partial charge on any atom is 0.292 e. The molecule has 0 saturated heterocycles. The SMILES string of the molecule is N#C[C@H](NC(=O)CCNc1ccccc1[N+](=O)[O-])c1ccccc1F. The fourth-order valence-corrected chi connectivity index (χ4v) is 2.21. The van der Waals surface area contributed by atoms with Crippen LogP contribution in [-0.4, -0.2) is 17.4 Å². The highest BCUT2D eigenvalue weighted by Gasteiger charge is 2.17. The molecule has 1 atom stereocenters. The molecule has 0 aromatic heterocycles. The molecule has 1 amide bonds. The molecule has 0 aliphatic carbocycles. The van der Waals surface area contributed by atoms with E-state index in [0.29, 0.717) is 5.69 Å². The quantitative estimate of drug-likeness (QED) is 0.594. The van der Waals surface area contributed by atoms with Crippen LogP contribution in [0.5, 0.6) is 0 Å². The number of halogens is 1. The van der Waals surface area contributed by atoms with Crippen LogP contribution in [0.15, 0.2) is 48.5 Å². The highest BCUT2D eigenvalue weighted by Crippen LogP contribution is 2.23. The topological polar surface area (TPSA) is 108 Å². The van der Waals surface area contributed by atoms with Gasteiger partial charge >= 0.3 is 0 Å². The fraction of sp³-hybridized carbons (Fsp3) is 0.176. The lowest BCUT2D eigenvalue weighted by molar-refractivity contribution is -0.384. The van der Waals surface area contributed by atoms with Gasteiger partial charge in [0.2, 0.25) is 5.91 Å². The van der Waals surface area contributed by atoms with Crippen molar-refractivity contribution in [1.29, 1.82) is 5.26 Å². The average Bonchev–Trinajstić information content (AvgIpc) is 2.60. The van der Waals surface area contributed by atoms with Crippen molar-refractivity contribution >= 4 is 17.3 Å². The Morgan fingerprint density at radius 2 is 1.92 bits per heavy atom. The molecule has 2 N–H and O–H groups in total. The molecule has 0 saturated carbocycles. The number of rotatable bonds is 7. The summed E-state index contributed by atoms with van der Waals surface area (Å²) in [5.41, 5.74) is 0.292. The molecule has 0 radical (unpaired) electrons. The number of anilines is 1. The van der Waals surface area contributed by atoms with E-state index >= 15 is 0 Å². The van der Waals surface area contributed by atoms with Crippen LogP contribution in [0.25, 0.3) is 0 Å². The Morgan fingerprint density at radius 3 is 2.60 bits per heavy atom. The van der Waals surface area contributed by atoms with Crippen molar-refractivity contribution in [1.82, 2.24) is 5.32 Å². The first-order valence-electron chi connectivity index (χ1n) is 7.43. The minimum atomic E-state index is -1.10. The number of carbonyl (C=O) groups is 1. The van der Waals surface area contributed by atoms with Gasteiger partial charge in [-0.2, -0.15) is 5.26 Å². The molecule has 8 heteroatoms. The number of nitriles is 1. The number of para-hydroxylation sites is 2. The van der Waals surface area contributed by atoms with E-state index in [-0.39, 0.29) is 24.2 Å². The lowest BCUT2D eigenvalue weighted by Crippen LogP contribution is -2.29. The third kappa shape index (κ3) is 4.75. The predicted molar refractivity (Wildman–Crippen MR) is 89.1 cm³/mol. The van der Waals surface area contributed by atoms with Crippen molar-refractivity contribution in [3.63, 3.8) is 0 Å². The van der Waals surface area contributed by atoms with E-state index in [1.807, 2.05) is 6.07 Å². The van der Waals surface area contributed by atoms with Gasteiger partial charge in [0.25, 0.3) is 5.69 Å². The fourth-order valence-electron chi connectivity index (χ4n) is 2.21. The van der Waals surface area contributed by atoms with Crippen molar-refractivity contribution in [2.45, 2.75) is 12.5 Å². The third-order valence-corrected chi connectivity index (χ3v) is 3.42. The lowest BCUT2D eigenvalue weighted by atomic mass is 10.1. The molecule has 0 fully saturated rings. The number of nitro benzene ring substituents is 1. The van der Waals surface area contributed by atoms with E-state index in [2.05, 4.69) is 10.6 Å². The van der Waals surface area contributed by atoms with Gasteiger partial charge in [0, 0.05) is 24.6 Å². The summed E-state index contributed by atoms with van der Waals surface area (Å²) in [6.45, 7) is 0.131. The van der Waals surface area contributed by atoms with Crippen LogP contribution in [0.1, 0.15) is 18.0 Å². The molecule has 0 heterocycles. The number of amides is 1. The molecular weight excluding hydrogens is 327 g/mol. The van der Waals surface area contributed by atoms with E-state index in [1.54, 1.807) is 18.2 Å². The summed E-state index contributed by atoms with van der Waals surface area (Å²) in [7, 11) is 0. The monoisotopic (exact) mass is 342 g/mol. The number of carbonyl (C=O) groups excluding carboxylic acids is 1. The maximum absolute atomic E-state index is 13.7. The van der Waals surface area contributed by atoms with Gasteiger partial charge in [0.05, 0.1) is 11.0 Å². The highest BCUT2D eigenvalue weighted by molar-refractivity contribution is 5.77. The van der Waals surface area contributed by atoms with E-state index in [4.69, 9.17) is 5.26 Å². The summed E-state index contributed by atoms with van der Waals surface area (Å²) in [4.78, 5) is 22.3. The van der Waals surface area contributed by atoms with Gasteiger partial charge < -0.3 is 10.6 Å². The Hall–Kier alpha value is -3.47. The Morgan fingerprint density at radius 1 is 1.24 bits per heavy atom. The molecule has 0 spiro atoms. The van der Waals surface area contributed by atoms with Crippen molar-refractivity contribution in [2.75, 3.05) is 11.9 Å². The first-order valence-corrected chi connectivity index (χ1v) is 7.43. The zero-order valence-electron chi connectivity index (χ0n) is 13.1. The number of nitrogens with zero attached hydrogens (tertiary/aromatic N) is 2. The van der Waals surface area contributed by atoms with Crippen LogP contribution < -0.4 is 10.6 Å². The van der Waals surface area contributed by atoms with Crippen LogP contribution >= 0.6 is 0 Å².